The topological polar surface area (TPSA) is 70.3 Å². The van der Waals surface area contributed by atoms with Gasteiger partial charge in [0.05, 0.1) is 36.9 Å². The molecule has 0 bridgehead atoms. The monoisotopic (exact) mass is 507 g/mol. The van der Waals surface area contributed by atoms with E-state index in [1.165, 1.54) is 0 Å². The first-order valence-corrected chi connectivity index (χ1v) is 13.7. The van der Waals surface area contributed by atoms with Crippen LogP contribution in [0, 0.1) is 0 Å². The van der Waals surface area contributed by atoms with Gasteiger partial charge >= 0.3 is 0 Å². The van der Waals surface area contributed by atoms with E-state index in [-0.39, 0.29) is 11.3 Å². The molecular formula is C27H31N4O4S+. The average molecular weight is 508 g/mol. The molecule has 3 aromatic rings. The molecule has 188 valence electrons. The van der Waals surface area contributed by atoms with E-state index in [1.807, 2.05) is 58.1 Å². The van der Waals surface area contributed by atoms with Crippen LogP contribution in [0.25, 0.3) is 16.9 Å². The zero-order chi connectivity index (χ0) is 24.3. The zero-order valence-corrected chi connectivity index (χ0v) is 21.0. The summed E-state index contributed by atoms with van der Waals surface area (Å²) in [6, 6.07) is 16.1. The Morgan fingerprint density at radius 1 is 1.00 bits per heavy atom. The van der Waals surface area contributed by atoms with Crippen LogP contribution in [0.15, 0.2) is 54.7 Å². The summed E-state index contributed by atoms with van der Waals surface area (Å²) in [5.41, 5.74) is 3.86. The first kappa shape index (κ1) is 23.4. The van der Waals surface area contributed by atoms with Crippen LogP contribution >= 0.6 is 11.8 Å². The van der Waals surface area contributed by atoms with Gasteiger partial charge in [-0.3, -0.25) is 4.79 Å². The molecule has 36 heavy (non-hydrogen) atoms. The number of carbonyl (C=O) groups is 1. The lowest BCUT2D eigenvalue weighted by Crippen LogP contribution is -3.14. The molecule has 2 aromatic carbocycles. The highest BCUT2D eigenvalue weighted by atomic mass is 32.2. The SMILES string of the molecule is O=C1CS[C@H](c2cn(-c3ccccc3)nc2-c2ccc3c(c2)OCCO3)N1CCC[NH+]1CCOCC1. The Balaban J connectivity index is 1.31. The number of amides is 1. The number of morpholine rings is 1. The molecule has 0 radical (unpaired) electrons. The summed E-state index contributed by atoms with van der Waals surface area (Å²) in [6.45, 7) is 6.65. The fourth-order valence-corrected chi connectivity index (χ4v) is 6.28. The number of benzene rings is 2. The molecule has 0 saturated carbocycles. The largest absolute Gasteiger partial charge is 0.486 e. The summed E-state index contributed by atoms with van der Waals surface area (Å²) in [4.78, 5) is 16.6. The highest BCUT2D eigenvalue weighted by Gasteiger charge is 2.36. The fourth-order valence-electron chi connectivity index (χ4n) is 5.06. The number of rotatable bonds is 7. The van der Waals surface area contributed by atoms with E-state index < -0.39 is 0 Å². The minimum atomic E-state index is -0.0714. The lowest BCUT2D eigenvalue weighted by atomic mass is 10.1. The van der Waals surface area contributed by atoms with Gasteiger partial charge in [-0.25, -0.2) is 4.68 Å². The Morgan fingerprint density at radius 2 is 1.81 bits per heavy atom. The third-order valence-electron chi connectivity index (χ3n) is 6.94. The molecule has 0 aliphatic carbocycles. The molecule has 1 amide bonds. The molecule has 4 heterocycles. The molecule has 0 unspecified atom stereocenters. The summed E-state index contributed by atoms with van der Waals surface area (Å²) in [6.07, 6.45) is 3.06. The maximum Gasteiger partial charge on any atom is 0.233 e. The molecule has 0 spiro atoms. The van der Waals surface area contributed by atoms with Crippen LogP contribution in [0.2, 0.25) is 0 Å². The number of hydrogen-bond donors (Lipinski definition) is 1. The van der Waals surface area contributed by atoms with Crippen LogP contribution < -0.4 is 14.4 Å². The predicted molar refractivity (Wildman–Crippen MR) is 138 cm³/mol. The van der Waals surface area contributed by atoms with Crippen LogP contribution in [-0.4, -0.2) is 78.9 Å². The third kappa shape index (κ3) is 4.83. The van der Waals surface area contributed by atoms with E-state index in [2.05, 4.69) is 6.20 Å². The van der Waals surface area contributed by atoms with Gasteiger partial charge in [0.2, 0.25) is 5.91 Å². The Morgan fingerprint density at radius 3 is 2.64 bits per heavy atom. The first-order valence-electron chi connectivity index (χ1n) is 12.6. The average Bonchev–Trinajstić information content (AvgIpc) is 3.53. The number of ether oxygens (including phenoxy) is 3. The van der Waals surface area contributed by atoms with Crippen molar-refractivity contribution in [1.29, 1.82) is 0 Å². The molecule has 2 fully saturated rings. The van der Waals surface area contributed by atoms with E-state index in [9.17, 15) is 4.79 Å². The van der Waals surface area contributed by atoms with E-state index in [0.717, 1.165) is 79.8 Å². The number of aromatic nitrogens is 2. The van der Waals surface area contributed by atoms with Gasteiger partial charge in [0.1, 0.15) is 31.7 Å². The van der Waals surface area contributed by atoms with E-state index in [1.54, 1.807) is 16.7 Å². The standard InChI is InChI=1S/C27H30N4O4S/c32-25-19-36-27(30(25)10-4-9-29-11-13-33-14-12-29)22-18-31(21-5-2-1-3-6-21)28-26(22)20-7-8-23-24(17-20)35-16-15-34-23/h1-3,5-8,17-18,27H,4,9-16,19H2/p+1/t27-/m1/s1. The van der Waals surface area contributed by atoms with E-state index >= 15 is 0 Å². The molecule has 8 nitrogen and oxygen atoms in total. The van der Waals surface area contributed by atoms with Gasteiger partial charge in [-0.1, -0.05) is 18.2 Å². The molecule has 9 heteroatoms. The molecule has 3 aliphatic rings. The lowest BCUT2D eigenvalue weighted by molar-refractivity contribution is -0.908. The number of hydrogen-bond acceptors (Lipinski definition) is 6. The molecule has 1 aromatic heterocycles. The number of fused-ring (bicyclic) bond motifs is 1. The predicted octanol–water partition coefficient (Wildman–Crippen LogP) is 2.19. The molecule has 2 saturated heterocycles. The highest BCUT2D eigenvalue weighted by molar-refractivity contribution is 8.00. The van der Waals surface area contributed by atoms with Crippen LogP contribution in [0.1, 0.15) is 17.4 Å². The minimum absolute atomic E-state index is 0.0714. The second-order valence-electron chi connectivity index (χ2n) is 9.29. The van der Waals surface area contributed by atoms with Gasteiger partial charge in [0.25, 0.3) is 0 Å². The van der Waals surface area contributed by atoms with Gasteiger partial charge in [0, 0.05) is 30.3 Å². The summed E-state index contributed by atoms with van der Waals surface area (Å²) in [7, 11) is 0. The summed E-state index contributed by atoms with van der Waals surface area (Å²) >= 11 is 1.68. The smallest absolute Gasteiger partial charge is 0.233 e. The van der Waals surface area contributed by atoms with Crippen molar-refractivity contribution in [2.24, 2.45) is 0 Å². The van der Waals surface area contributed by atoms with Crippen LogP contribution in [-0.2, 0) is 9.53 Å². The number of quaternary nitrogens is 1. The highest BCUT2D eigenvalue weighted by Crippen LogP contribution is 2.44. The number of nitrogens with zero attached hydrogens (tertiary/aromatic N) is 3. The molecule has 3 aliphatic heterocycles. The second-order valence-corrected chi connectivity index (χ2v) is 10.4. The number of para-hydroxylation sites is 1. The van der Waals surface area contributed by atoms with Gasteiger partial charge in [-0.05, 0) is 30.3 Å². The van der Waals surface area contributed by atoms with Crippen molar-refractivity contribution in [3.63, 3.8) is 0 Å². The van der Waals surface area contributed by atoms with E-state index in [4.69, 9.17) is 19.3 Å². The van der Waals surface area contributed by atoms with Crippen molar-refractivity contribution in [3.8, 4) is 28.4 Å². The quantitative estimate of drug-likeness (QED) is 0.529. The number of thioether (sulfide) groups is 1. The van der Waals surface area contributed by atoms with Gasteiger partial charge in [0.15, 0.2) is 11.5 Å². The molecule has 6 rings (SSSR count). The second kappa shape index (κ2) is 10.5. The number of carbonyl (C=O) groups excluding carboxylic acids is 1. The van der Waals surface area contributed by atoms with Crippen molar-refractivity contribution < 1.29 is 23.9 Å². The van der Waals surface area contributed by atoms with Crippen molar-refractivity contribution in [2.45, 2.75) is 11.8 Å². The third-order valence-corrected chi connectivity index (χ3v) is 8.18. The molecule has 1 atom stereocenters. The summed E-state index contributed by atoms with van der Waals surface area (Å²) < 4.78 is 19.0. The molecule has 1 N–H and O–H groups in total. The lowest BCUT2D eigenvalue weighted by Gasteiger charge is -2.27. The number of nitrogens with one attached hydrogen (secondary N) is 1. The molecular weight excluding hydrogens is 476 g/mol. The van der Waals surface area contributed by atoms with Crippen LogP contribution in [0.4, 0.5) is 0 Å². The Labute approximate surface area is 215 Å². The van der Waals surface area contributed by atoms with Crippen molar-refractivity contribution in [3.05, 3.63) is 60.3 Å². The van der Waals surface area contributed by atoms with Gasteiger partial charge in [-0.2, -0.15) is 5.10 Å². The van der Waals surface area contributed by atoms with Crippen LogP contribution in [0.5, 0.6) is 11.5 Å². The Kier molecular flexibility index (Phi) is 6.85. The fraction of sp³-hybridized carbons (Fsp3) is 0.407. The maximum absolute atomic E-state index is 13.0. The minimum Gasteiger partial charge on any atom is -0.486 e. The zero-order valence-electron chi connectivity index (χ0n) is 20.2. The van der Waals surface area contributed by atoms with Crippen molar-refractivity contribution >= 4 is 17.7 Å². The maximum atomic E-state index is 13.0. The van der Waals surface area contributed by atoms with Gasteiger partial charge in [-0.15, -0.1) is 11.8 Å². The van der Waals surface area contributed by atoms with Crippen molar-refractivity contribution in [2.75, 3.05) is 58.4 Å². The summed E-state index contributed by atoms with van der Waals surface area (Å²) in [5, 5.41) is 4.94. The van der Waals surface area contributed by atoms with Crippen LogP contribution in [0.3, 0.4) is 0 Å². The Hall–Kier alpha value is -3.01. The normalized spacial score (nSPS) is 20.2. The van der Waals surface area contributed by atoms with Crippen molar-refractivity contribution in [1.82, 2.24) is 14.7 Å². The van der Waals surface area contributed by atoms with Gasteiger partial charge < -0.3 is 24.0 Å². The summed E-state index contributed by atoms with van der Waals surface area (Å²) in [5.74, 6) is 2.18. The Bertz CT molecular complexity index is 1210. The first-order chi connectivity index (χ1) is 17.8. The van der Waals surface area contributed by atoms with E-state index in [0.29, 0.717) is 19.0 Å².